The van der Waals surface area contributed by atoms with Crippen molar-refractivity contribution in [2.45, 2.75) is 12.7 Å². The lowest BCUT2D eigenvalue weighted by Gasteiger charge is -2.14. The van der Waals surface area contributed by atoms with Gasteiger partial charge in [-0.05, 0) is 42.5 Å². The molecular weight excluding hydrogens is 349 g/mol. The molecule has 0 aromatic heterocycles. The van der Waals surface area contributed by atoms with Gasteiger partial charge in [-0.1, -0.05) is 0 Å². The molecule has 0 spiro atoms. The van der Waals surface area contributed by atoms with E-state index in [1.165, 1.54) is 12.1 Å². The quantitative estimate of drug-likeness (QED) is 0.851. The number of benzene rings is 2. The molecule has 0 radical (unpaired) electrons. The smallest absolute Gasteiger partial charge is 0.416 e. The molecule has 2 aromatic rings. The third kappa shape index (κ3) is 4.45. The fourth-order valence-electron chi connectivity index (χ4n) is 2.68. The van der Waals surface area contributed by atoms with Gasteiger partial charge in [0.1, 0.15) is 6.54 Å². The van der Waals surface area contributed by atoms with Crippen molar-refractivity contribution in [3.63, 3.8) is 0 Å². The van der Waals surface area contributed by atoms with Gasteiger partial charge in [0.25, 0.3) is 5.91 Å². The molecule has 26 heavy (non-hydrogen) atoms. The Morgan fingerprint density at radius 3 is 2.50 bits per heavy atom. The molecule has 1 aliphatic rings. The molecule has 0 saturated heterocycles. The van der Waals surface area contributed by atoms with Gasteiger partial charge in [-0.3, -0.25) is 4.79 Å². The molecule has 3 rings (SSSR count). The fourth-order valence-corrected chi connectivity index (χ4v) is 2.68. The molecule has 0 fully saturated rings. The summed E-state index contributed by atoms with van der Waals surface area (Å²) in [4.78, 5) is 13.0. The Kier molecular flexibility index (Phi) is 5.03. The van der Waals surface area contributed by atoms with Crippen LogP contribution in [0.5, 0.6) is 11.5 Å². The van der Waals surface area contributed by atoms with E-state index in [-0.39, 0.29) is 19.2 Å². The summed E-state index contributed by atoms with van der Waals surface area (Å²) in [6.45, 7) is 0.976. The second-order valence-corrected chi connectivity index (χ2v) is 6.12. The number of fused-ring (bicyclic) bond motifs is 1. The summed E-state index contributed by atoms with van der Waals surface area (Å²) < 4.78 is 48.2. The Hall–Kier alpha value is -2.74. The number of halogens is 3. The molecule has 0 saturated carbocycles. The predicted molar refractivity (Wildman–Crippen MR) is 88.1 cm³/mol. The minimum absolute atomic E-state index is 0.176. The van der Waals surface area contributed by atoms with E-state index >= 15 is 0 Å². The summed E-state index contributed by atoms with van der Waals surface area (Å²) in [6.07, 6.45) is -4.39. The highest BCUT2D eigenvalue weighted by atomic mass is 19.4. The number of alkyl halides is 3. The van der Waals surface area contributed by atoms with Crippen molar-refractivity contribution >= 4 is 11.6 Å². The van der Waals surface area contributed by atoms with Gasteiger partial charge in [-0.15, -0.1) is 0 Å². The summed E-state index contributed by atoms with van der Waals surface area (Å²) in [7, 11) is 1.86. The van der Waals surface area contributed by atoms with Crippen molar-refractivity contribution in [3.8, 4) is 11.5 Å². The molecule has 2 N–H and O–H groups in total. The first-order valence-electron chi connectivity index (χ1n) is 7.98. The SMILES string of the molecule is C[NH+](CC(=O)Nc1ccc(C(F)(F)F)cc1)Cc1ccc2c(c1)OCO2. The maximum atomic E-state index is 12.5. The molecule has 0 bridgehead atoms. The molecule has 5 nitrogen and oxygen atoms in total. The Morgan fingerprint density at radius 1 is 1.12 bits per heavy atom. The second-order valence-electron chi connectivity index (χ2n) is 6.12. The number of anilines is 1. The minimum Gasteiger partial charge on any atom is -0.454 e. The lowest BCUT2D eigenvalue weighted by molar-refractivity contribution is -0.885. The number of amides is 1. The van der Waals surface area contributed by atoms with Gasteiger partial charge in [-0.25, -0.2) is 0 Å². The van der Waals surface area contributed by atoms with Gasteiger partial charge in [0.15, 0.2) is 18.0 Å². The molecule has 1 amide bonds. The lowest BCUT2D eigenvalue weighted by Crippen LogP contribution is -3.08. The van der Waals surface area contributed by atoms with Gasteiger partial charge in [-0.2, -0.15) is 13.2 Å². The van der Waals surface area contributed by atoms with E-state index in [9.17, 15) is 18.0 Å². The first-order chi connectivity index (χ1) is 12.3. The van der Waals surface area contributed by atoms with Gasteiger partial charge in [0, 0.05) is 11.3 Å². The summed E-state index contributed by atoms with van der Waals surface area (Å²) in [5.74, 6) is 1.11. The van der Waals surface area contributed by atoms with Crippen LogP contribution in [0.4, 0.5) is 18.9 Å². The van der Waals surface area contributed by atoms with Crippen LogP contribution in [0, 0.1) is 0 Å². The molecule has 8 heteroatoms. The van der Waals surface area contributed by atoms with Crippen LogP contribution >= 0.6 is 0 Å². The van der Waals surface area contributed by atoms with Crippen LogP contribution in [-0.2, 0) is 17.5 Å². The zero-order valence-corrected chi connectivity index (χ0v) is 14.0. The van der Waals surface area contributed by atoms with Crippen LogP contribution < -0.4 is 19.7 Å². The number of ether oxygens (including phenoxy) is 2. The molecule has 1 atom stereocenters. The molecule has 138 valence electrons. The topological polar surface area (TPSA) is 52.0 Å². The molecule has 1 heterocycles. The standard InChI is InChI=1S/C18H17F3N2O3/c1-23(9-12-2-7-15-16(8-12)26-11-25-15)10-17(24)22-14-5-3-13(4-6-14)18(19,20)21/h2-8H,9-11H2,1H3,(H,22,24)/p+1. The zero-order valence-electron chi connectivity index (χ0n) is 14.0. The summed E-state index contributed by atoms with van der Waals surface area (Å²) in [5, 5.41) is 2.61. The van der Waals surface area contributed by atoms with Crippen molar-refractivity contribution < 1.29 is 32.3 Å². The molecular formula is C18H18F3N2O3+. The minimum atomic E-state index is -4.39. The number of rotatable bonds is 5. The molecule has 1 unspecified atom stereocenters. The normalized spacial score (nSPS) is 14.2. The van der Waals surface area contributed by atoms with Gasteiger partial charge >= 0.3 is 6.18 Å². The van der Waals surface area contributed by atoms with Crippen molar-refractivity contribution in [1.82, 2.24) is 0 Å². The Labute approximate surface area is 148 Å². The van der Waals surface area contributed by atoms with Crippen LogP contribution in [0.3, 0.4) is 0 Å². The maximum Gasteiger partial charge on any atom is 0.416 e. The van der Waals surface area contributed by atoms with E-state index in [1.807, 2.05) is 25.2 Å². The molecule has 2 aromatic carbocycles. The first kappa shape index (κ1) is 18.1. The summed E-state index contributed by atoms with van der Waals surface area (Å²) in [6, 6.07) is 9.98. The Balaban J connectivity index is 1.52. The summed E-state index contributed by atoms with van der Waals surface area (Å²) in [5.41, 5.74) is 0.578. The average molecular weight is 367 g/mol. The van der Waals surface area contributed by atoms with E-state index in [0.29, 0.717) is 23.7 Å². The number of hydrogen-bond donors (Lipinski definition) is 2. The van der Waals surface area contributed by atoms with E-state index < -0.39 is 11.7 Å². The van der Waals surface area contributed by atoms with Gasteiger partial charge < -0.3 is 19.7 Å². The third-order valence-corrected chi connectivity index (χ3v) is 3.90. The predicted octanol–water partition coefficient (Wildman–Crippen LogP) is 2.09. The van der Waals surface area contributed by atoms with Gasteiger partial charge in [0.05, 0.1) is 12.6 Å². The molecule has 0 aliphatic carbocycles. The fraction of sp³-hybridized carbons (Fsp3) is 0.278. The van der Waals surface area contributed by atoms with E-state index in [1.54, 1.807) is 0 Å². The average Bonchev–Trinajstić information content (AvgIpc) is 3.01. The van der Waals surface area contributed by atoms with Crippen LogP contribution in [0.25, 0.3) is 0 Å². The number of carbonyl (C=O) groups is 1. The van der Waals surface area contributed by atoms with Crippen molar-refractivity contribution in [3.05, 3.63) is 53.6 Å². The number of likely N-dealkylation sites (N-methyl/N-ethyl adjacent to an activating group) is 1. The van der Waals surface area contributed by atoms with Crippen molar-refractivity contribution in [2.75, 3.05) is 25.7 Å². The number of hydrogen-bond acceptors (Lipinski definition) is 3. The van der Waals surface area contributed by atoms with Crippen LogP contribution in [0.15, 0.2) is 42.5 Å². The lowest BCUT2D eigenvalue weighted by atomic mass is 10.2. The van der Waals surface area contributed by atoms with Crippen LogP contribution in [0.2, 0.25) is 0 Å². The van der Waals surface area contributed by atoms with E-state index in [4.69, 9.17) is 9.47 Å². The Bertz CT molecular complexity index is 791. The van der Waals surface area contributed by atoms with Crippen molar-refractivity contribution in [1.29, 1.82) is 0 Å². The zero-order chi connectivity index (χ0) is 18.7. The van der Waals surface area contributed by atoms with Crippen LogP contribution in [0.1, 0.15) is 11.1 Å². The third-order valence-electron chi connectivity index (χ3n) is 3.90. The highest BCUT2D eigenvalue weighted by Crippen LogP contribution is 2.32. The molecule has 1 aliphatic heterocycles. The highest BCUT2D eigenvalue weighted by Gasteiger charge is 2.30. The van der Waals surface area contributed by atoms with Crippen LogP contribution in [-0.4, -0.2) is 26.3 Å². The summed E-state index contributed by atoms with van der Waals surface area (Å²) >= 11 is 0. The highest BCUT2D eigenvalue weighted by molar-refractivity contribution is 5.91. The van der Waals surface area contributed by atoms with E-state index in [2.05, 4.69) is 5.32 Å². The maximum absolute atomic E-state index is 12.5. The first-order valence-corrected chi connectivity index (χ1v) is 7.98. The largest absolute Gasteiger partial charge is 0.454 e. The Morgan fingerprint density at radius 2 is 1.81 bits per heavy atom. The number of quaternary nitrogens is 1. The number of nitrogens with one attached hydrogen (secondary N) is 2. The monoisotopic (exact) mass is 367 g/mol. The van der Waals surface area contributed by atoms with Crippen molar-refractivity contribution in [2.24, 2.45) is 0 Å². The van der Waals surface area contributed by atoms with Gasteiger partial charge in [0.2, 0.25) is 6.79 Å². The second kappa shape index (κ2) is 7.25. The number of carbonyl (C=O) groups excluding carboxylic acids is 1. The van der Waals surface area contributed by atoms with E-state index in [0.717, 1.165) is 22.6 Å².